The highest BCUT2D eigenvalue weighted by Gasteiger charge is 2.09. The molecule has 0 atom stereocenters. The molecule has 0 spiro atoms. The van der Waals surface area contributed by atoms with Gasteiger partial charge in [0.15, 0.2) is 0 Å². The highest BCUT2D eigenvalue weighted by molar-refractivity contribution is 5.72. The van der Waals surface area contributed by atoms with Crippen LogP contribution in [0.5, 0.6) is 0 Å². The molecule has 0 amide bonds. The van der Waals surface area contributed by atoms with Crippen molar-refractivity contribution in [1.29, 1.82) is 0 Å². The lowest BCUT2D eigenvalue weighted by Crippen LogP contribution is -2.14. The van der Waals surface area contributed by atoms with E-state index in [1.807, 2.05) is 12.1 Å². The van der Waals surface area contributed by atoms with Gasteiger partial charge in [0.05, 0.1) is 5.69 Å². The molecule has 2 N–H and O–H groups in total. The Labute approximate surface area is 133 Å². The Kier molecular flexibility index (Phi) is 4.04. The number of hydrogen-bond acceptors (Lipinski definition) is 3. The van der Waals surface area contributed by atoms with Crippen molar-refractivity contribution < 1.29 is 4.39 Å². The third kappa shape index (κ3) is 3.05. The minimum absolute atomic E-state index is 0.0920. The predicted molar refractivity (Wildman–Crippen MR) is 88.2 cm³/mol. The minimum atomic E-state index is -0.292. The Morgan fingerprint density at radius 1 is 1.13 bits per heavy atom. The summed E-state index contributed by atoms with van der Waals surface area (Å²) >= 11 is 0. The molecule has 116 valence electrons. The first-order valence-electron chi connectivity index (χ1n) is 7.20. The normalized spacial score (nSPS) is 10.7. The maximum absolute atomic E-state index is 13.1. The Morgan fingerprint density at radius 3 is 2.52 bits per heavy atom. The van der Waals surface area contributed by atoms with Gasteiger partial charge in [-0.15, -0.1) is 0 Å². The molecule has 0 saturated heterocycles. The molecule has 4 nitrogen and oxygen atoms in total. The number of aryl methyl sites for hydroxylation is 1. The Morgan fingerprint density at radius 2 is 1.87 bits per heavy atom. The molecule has 0 saturated carbocycles. The van der Waals surface area contributed by atoms with Crippen LogP contribution in [0.25, 0.3) is 22.4 Å². The fraction of sp³-hybridized carbons (Fsp3) is 0.111. The van der Waals surface area contributed by atoms with E-state index in [0.29, 0.717) is 12.2 Å². The van der Waals surface area contributed by atoms with Crippen LogP contribution in [0.3, 0.4) is 0 Å². The van der Waals surface area contributed by atoms with Gasteiger partial charge in [-0.25, -0.2) is 4.39 Å². The summed E-state index contributed by atoms with van der Waals surface area (Å²) in [6, 6.07) is 11.5. The summed E-state index contributed by atoms with van der Waals surface area (Å²) in [5.41, 5.74) is 9.71. The fourth-order valence-electron chi connectivity index (χ4n) is 2.41. The molecule has 0 radical (unpaired) electrons. The zero-order valence-corrected chi connectivity index (χ0v) is 12.7. The van der Waals surface area contributed by atoms with Crippen molar-refractivity contribution in [2.75, 3.05) is 0 Å². The second-order valence-corrected chi connectivity index (χ2v) is 5.30. The second kappa shape index (κ2) is 6.14. The summed E-state index contributed by atoms with van der Waals surface area (Å²) in [5.74, 6) is -0.292. The maximum Gasteiger partial charge on any atom is 0.250 e. The molecule has 23 heavy (non-hydrogen) atoms. The van der Waals surface area contributed by atoms with E-state index in [1.165, 1.54) is 16.7 Å². The largest absolute Gasteiger partial charge is 0.326 e. The molecule has 0 unspecified atom stereocenters. The summed E-state index contributed by atoms with van der Waals surface area (Å²) in [6.07, 6.45) is 3.42. The Bertz CT molecular complexity index is 901. The zero-order chi connectivity index (χ0) is 16.4. The number of halogens is 1. The van der Waals surface area contributed by atoms with Gasteiger partial charge in [-0.2, -0.15) is 0 Å². The van der Waals surface area contributed by atoms with Crippen LogP contribution in [0.15, 0.2) is 59.7 Å². The van der Waals surface area contributed by atoms with Crippen LogP contribution in [-0.2, 0) is 13.6 Å². The van der Waals surface area contributed by atoms with Gasteiger partial charge in [-0.1, -0.05) is 0 Å². The van der Waals surface area contributed by atoms with Gasteiger partial charge < -0.3 is 10.3 Å². The van der Waals surface area contributed by atoms with Crippen LogP contribution in [0, 0.1) is 5.82 Å². The third-order valence-corrected chi connectivity index (χ3v) is 3.76. The quantitative estimate of drug-likeness (QED) is 0.809. The number of pyridine rings is 2. The number of rotatable bonds is 3. The molecule has 3 rings (SSSR count). The van der Waals surface area contributed by atoms with Crippen LogP contribution in [0.2, 0.25) is 0 Å². The zero-order valence-electron chi connectivity index (χ0n) is 12.7. The molecule has 0 bridgehead atoms. The molecule has 0 aliphatic heterocycles. The van der Waals surface area contributed by atoms with Crippen LogP contribution >= 0.6 is 0 Å². The van der Waals surface area contributed by atoms with Gasteiger partial charge in [0, 0.05) is 37.6 Å². The first kappa shape index (κ1) is 15.1. The third-order valence-electron chi connectivity index (χ3n) is 3.76. The fourth-order valence-corrected chi connectivity index (χ4v) is 2.41. The van der Waals surface area contributed by atoms with Crippen molar-refractivity contribution >= 4 is 0 Å². The average Bonchev–Trinajstić information content (AvgIpc) is 2.57. The van der Waals surface area contributed by atoms with Gasteiger partial charge in [-0.3, -0.25) is 9.78 Å². The molecular formula is C18H16FN3O. The summed E-state index contributed by atoms with van der Waals surface area (Å²) in [5, 5.41) is 0. The number of hydrogen-bond donors (Lipinski definition) is 1. The van der Waals surface area contributed by atoms with Gasteiger partial charge in [0.25, 0.3) is 5.56 Å². The smallest absolute Gasteiger partial charge is 0.250 e. The van der Waals surface area contributed by atoms with E-state index in [9.17, 15) is 9.18 Å². The van der Waals surface area contributed by atoms with E-state index < -0.39 is 0 Å². The summed E-state index contributed by atoms with van der Waals surface area (Å²) in [4.78, 5) is 16.3. The highest BCUT2D eigenvalue weighted by atomic mass is 19.1. The molecule has 5 heteroatoms. The van der Waals surface area contributed by atoms with E-state index in [0.717, 1.165) is 22.3 Å². The van der Waals surface area contributed by atoms with Gasteiger partial charge in [-0.05, 0) is 53.1 Å². The predicted octanol–water partition coefficient (Wildman–Crippen LogP) is 2.71. The average molecular weight is 309 g/mol. The molecule has 2 heterocycles. The van der Waals surface area contributed by atoms with Crippen molar-refractivity contribution in [2.45, 2.75) is 6.54 Å². The lowest BCUT2D eigenvalue weighted by Gasteiger charge is -2.11. The van der Waals surface area contributed by atoms with E-state index in [2.05, 4.69) is 4.98 Å². The first-order valence-corrected chi connectivity index (χ1v) is 7.20. The number of nitrogens with zero attached hydrogens (tertiary/aromatic N) is 2. The Hall–Kier alpha value is -2.79. The molecule has 0 fully saturated rings. The van der Waals surface area contributed by atoms with Crippen molar-refractivity contribution in [1.82, 2.24) is 9.55 Å². The van der Waals surface area contributed by atoms with Crippen LogP contribution in [0.1, 0.15) is 5.56 Å². The second-order valence-electron chi connectivity index (χ2n) is 5.30. The number of nitrogens with two attached hydrogens (primary N) is 1. The number of benzene rings is 1. The first-order chi connectivity index (χ1) is 11.1. The lowest BCUT2D eigenvalue weighted by molar-refractivity contribution is 0.628. The summed E-state index contributed by atoms with van der Waals surface area (Å²) in [6.45, 7) is 0.321. The topological polar surface area (TPSA) is 60.9 Å². The Balaban J connectivity index is 2.14. The SMILES string of the molecule is Cn1ccc(-c2cc(-c3ccc(F)cc3)ncc2CN)cc1=O. The molecule has 1 aromatic carbocycles. The summed E-state index contributed by atoms with van der Waals surface area (Å²) < 4.78 is 14.6. The highest BCUT2D eigenvalue weighted by Crippen LogP contribution is 2.27. The van der Waals surface area contributed by atoms with E-state index in [-0.39, 0.29) is 11.4 Å². The molecule has 3 aromatic rings. The molecule has 0 aliphatic rings. The minimum Gasteiger partial charge on any atom is -0.326 e. The number of aromatic nitrogens is 2. The molecular weight excluding hydrogens is 293 g/mol. The van der Waals surface area contributed by atoms with E-state index in [1.54, 1.807) is 37.6 Å². The molecule has 2 aromatic heterocycles. The maximum atomic E-state index is 13.1. The van der Waals surface area contributed by atoms with Crippen molar-refractivity contribution in [3.63, 3.8) is 0 Å². The van der Waals surface area contributed by atoms with E-state index in [4.69, 9.17) is 5.73 Å². The standard InChI is InChI=1S/C18H16FN3O/c1-22-7-6-13(8-18(22)23)16-9-17(21-11-14(16)10-20)12-2-4-15(19)5-3-12/h2-9,11H,10,20H2,1H3. The molecule has 0 aliphatic carbocycles. The van der Waals surface area contributed by atoms with Gasteiger partial charge >= 0.3 is 0 Å². The van der Waals surface area contributed by atoms with Crippen LogP contribution < -0.4 is 11.3 Å². The van der Waals surface area contributed by atoms with Gasteiger partial charge in [0.1, 0.15) is 5.82 Å². The lowest BCUT2D eigenvalue weighted by atomic mass is 9.99. The van der Waals surface area contributed by atoms with Crippen LogP contribution in [0.4, 0.5) is 4.39 Å². The summed E-state index contributed by atoms with van der Waals surface area (Å²) in [7, 11) is 1.70. The van der Waals surface area contributed by atoms with E-state index >= 15 is 0 Å². The van der Waals surface area contributed by atoms with Crippen LogP contribution in [-0.4, -0.2) is 9.55 Å². The van der Waals surface area contributed by atoms with Crippen molar-refractivity contribution in [3.05, 3.63) is 76.6 Å². The van der Waals surface area contributed by atoms with Gasteiger partial charge in [0.2, 0.25) is 0 Å². The van der Waals surface area contributed by atoms with Crippen molar-refractivity contribution in [3.8, 4) is 22.4 Å². The monoisotopic (exact) mass is 309 g/mol. The van der Waals surface area contributed by atoms with Crippen molar-refractivity contribution in [2.24, 2.45) is 12.8 Å².